The van der Waals surface area contributed by atoms with E-state index in [-0.39, 0.29) is 33.8 Å². The van der Waals surface area contributed by atoms with Crippen LogP contribution in [0.25, 0.3) is 0 Å². The fourth-order valence-corrected chi connectivity index (χ4v) is 4.56. The summed E-state index contributed by atoms with van der Waals surface area (Å²) in [5.41, 5.74) is 2.71. The Labute approximate surface area is 251 Å². The van der Waals surface area contributed by atoms with Crippen LogP contribution in [-0.2, 0) is 0 Å². The minimum atomic E-state index is -0.459. The smallest absolute Gasteiger partial charge is 0.256 e. The second-order valence-corrected chi connectivity index (χ2v) is 10.1. The zero-order valence-electron chi connectivity index (χ0n) is 21.9. The van der Waals surface area contributed by atoms with E-state index in [0.29, 0.717) is 32.5 Å². The van der Waals surface area contributed by atoms with E-state index in [0.717, 1.165) is 0 Å². The lowest BCUT2D eigenvalue weighted by molar-refractivity contribution is 0.0996. The molecule has 0 bridgehead atoms. The molecule has 5 aromatic carbocycles. The van der Waals surface area contributed by atoms with Crippen LogP contribution in [0.3, 0.4) is 0 Å². The van der Waals surface area contributed by atoms with Gasteiger partial charge in [-0.2, -0.15) is 0 Å². The minimum Gasteiger partial charge on any atom is -0.322 e. The maximum Gasteiger partial charge on any atom is 0.256 e. The molecule has 0 aliphatic rings. The number of amides is 2. The number of ketones is 2. The fourth-order valence-electron chi connectivity index (χ4n) is 4.31. The van der Waals surface area contributed by atoms with Gasteiger partial charge in [-0.1, -0.05) is 59.6 Å². The third-order valence-corrected chi connectivity index (χ3v) is 6.95. The lowest BCUT2D eigenvalue weighted by atomic mass is 9.98. The Morgan fingerprint density at radius 3 is 1.05 bits per heavy atom. The largest absolute Gasteiger partial charge is 0.322 e. The van der Waals surface area contributed by atoms with Crippen LogP contribution in [0.4, 0.5) is 11.4 Å². The molecule has 2 N–H and O–H groups in total. The predicted octanol–water partition coefficient (Wildman–Crippen LogP) is 7.96. The van der Waals surface area contributed by atoms with Crippen molar-refractivity contribution in [1.82, 2.24) is 0 Å². The van der Waals surface area contributed by atoms with Gasteiger partial charge in [0.2, 0.25) is 0 Å². The van der Waals surface area contributed by atoms with Gasteiger partial charge in [-0.3, -0.25) is 19.2 Å². The monoisotopic (exact) mass is 592 g/mol. The van der Waals surface area contributed by atoms with Gasteiger partial charge < -0.3 is 10.6 Å². The van der Waals surface area contributed by atoms with E-state index in [9.17, 15) is 19.2 Å². The summed E-state index contributed by atoms with van der Waals surface area (Å²) in [4.78, 5) is 52.4. The molecule has 0 aromatic heterocycles. The van der Waals surface area contributed by atoms with E-state index in [1.165, 1.54) is 0 Å². The summed E-state index contributed by atoms with van der Waals surface area (Å²) < 4.78 is 0. The Balaban J connectivity index is 1.28. The number of nitrogens with one attached hydrogen (secondary N) is 2. The first-order chi connectivity index (χ1) is 20.3. The zero-order valence-corrected chi connectivity index (χ0v) is 23.4. The number of hydrogen-bond donors (Lipinski definition) is 2. The standard InChI is InChI=1S/C34H22Cl2N2O4/c35-23-13-9-21(10-14-23)31(39)27-5-1-3-7-29(27)33(41)37-25-17-19-26(20-18-25)38-34(42)30-8-4-2-6-28(30)32(40)22-11-15-24(36)16-12-22/h1-20H,(H,37,41)(H,38,42). The van der Waals surface area contributed by atoms with Crippen LogP contribution in [0.15, 0.2) is 121 Å². The van der Waals surface area contributed by atoms with Crippen molar-refractivity contribution >= 4 is 58.0 Å². The van der Waals surface area contributed by atoms with Gasteiger partial charge in [-0.25, -0.2) is 0 Å². The zero-order chi connectivity index (χ0) is 29.6. The van der Waals surface area contributed by atoms with Gasteiger partial charge >= 0.3 is 0 Å². The van der Waals surface area contributed by atoms with Crippen LogP contribution in [0.1, 0.15) is 52.6 Å². The van der Waals surface area contributed by atoms with Gasteiger partial charge in [-0.05, 0) is 84.9 Å². The van der Waals surface area contributed by atoms with Gasteiger partial charge in [-0.15, -0.1) is 0 Å². The van der Waals surface area contributed by atoms with Gasteiger partial charge in [0, 0.05) is 43.7 Å². The van der Waals surface area contributed by atoms with Crippen LogP contribution in [0, 0.1) is 0 Å². The molecule has 0 heterocycles. The number of carbonyl (C=O) groups excluding carboxylic acids is 4. The summed E-state index contributed by atoms with van der Waals surface area (Å²) in [6.45, 7) is 0. The molecule has 0 saturated carbocycles. The molecule has 0 unspecified atom stereocenters. The Hall–Kier alpha value is -5.04. The maximum atomic E-state index is 13.1. The highest BCUT2D eigenvalue weighted by atomic mass is 35.5. The summed E-state index contributed by atoms with van der Waals surface area (Å²) >= 11 is 11.9. The summed E-state index contributed by atoms with van der Waals surface area (Å²) in [7, 11) is 0. The molecular weight excluding hydrogens is 571 g/mol. The van der Waals surface area contributed by atoms with Gasteiger partial charge in [0.25, 0.3) is 11.8 Å². The van der Waals surface area contributed by atoms with Crippen molar-refractivity contribution in [3.8, 4) is 0 Å². The maximum absolute atomic E-state index is 13.1. The van der Waals surface area contributed by atoms with Crippen LogP contribution in [-0.4, -0.2) is 23.4 Å². The molecule has 42 heavy (non-hydrogen) atoms. The molecule has 0 atom stereocenters. The summed E-state index contributed by atoms with van der Waals surface area (Å²) in [5, 5.41) is 6.60. The van der Waals surface area contributed by atoms with Crippen molar-refractivity contribution in [3.63, 3.8) is 0 Å². The first-order valence-corrected chi connectivity index (χ1v) is 13.6. The lowest BCUT2D eigenvalue weighted by Crippen LogP contribution is -2.18. The van der Waals surface area contributed by atoms with Crippen molar-refractivity contribution in [2.75, 3.05) is 10.6 Å². The van der Waals surface area contributed by atoms with E-state index in [1.807, 2.05) is 0 Å². The Morgan fingerprint density at radius 2 is 0.714 bits per heavy atom. The normalized spacial score (nSPS) is 10.5. The number of carbonyl (C=O) groups is 4. The highest BCUT2D eigenvalue weighted by Crippen LogP contribution is 2.22. The van der Waals surface area contributed by atoms with E-state index >= 15 is 0 Å². The van der Waals surface area contributed by atoms with Crippen LogP contribution in [0.2, 0.25) is 10.0 Å². The predicted molar refractivity (Wildman–Crippen MR) is 165 cm³/mol. The molecule has 0 aliphatic heterocycles. The SMILES string of the molecule is O=C(Nc1ccc(NC(=O)c2ccccc2C(=O)c2ccc(Cl)cc2)cc1)c1ccccc1C(=O)c1ccc(Cl)cc1. The van der Waals surface area contributed by atoms with E-state index in [1.54, 1.807) is 121 Å². The second kappa shape index (κ2) is 12.6. The molecule has 8 heteroatoms. The number of rotatable bonds is 8. The number of anilines is 2. The summed E-state index contributed by atoms with van der Waals surface area (Å²) in [5.74, 6) is -1.52. The topological polar surface area (TPSA) is 92.3 Å². The quantitative estimate of drug-likeness (QED) is 0.179. The van der Waals surface area contributed by atoms with E-state index in [2.05, 4.69) is 10.6 Å². The molecule has 0 spiro atoms. The summed E-state index contributed by atoms with van der Waals surface area (Å²) in [6.07, 6.45) is 0. The van der Waals surface area contributed by atoms with Crippen LogP contribution in [0.5, 0.6) is 0 Å². The summed E-state index contributed by atoms with van der Waals surface area (Å²) in [6, 6.07) is 32.5. The molecular formula is C34H22Cl2N2O4. The van der Waals surface area contributed by atoms with Gasteiger partial charge in [0.1, 0.15) is 0 Å². The third-order valence-electron chi connectivity index (χ3n) is 6.45. The minimum absolute atomic E-state index is 0.219. The number of halogens is 2. The highest BCUT2D eigenvalue weighted by Gasteiger charge is 2.20. The highest BCUT2D eigenvalue weighted by molar-refractivity contribution is 6.31. The molecule has 206 valence electrons. The van der Waals surface area contributed by atoms with Crippen molar-refractivity contribution < 1.29 is 19.2 Å². The number of hydrogen-bond acceptors (Lipinski definition) is 4. The Kier molecular flexibility index (Phi) is 8.58. The molecule has 0 saturated heterocycles. The number of benzene rings is 5. The van der Waals surface area contributed by atoms with Crippen LogP contribution < -0.4 is 10.6 Å². The average Bonchev–Trinajstić information content (AvgIpc) is 3.02. The molecule has 0 radical (unpaired) electrons. The second-order valence-electron chi connectivity index (χ2n) is 9.25. The van der Waals surface area contributed by atoms with Crippen molar-refractivity contribution in [1.29, 1.82) is 0 Å². The first kappa shape index (κ1) is 28.5. The van der Waals surface area contributed by atoms with Gasteiger partial charge in [0.15, 0.2) is 11.6 Å². The molecule has 0 aliphatic carbocycles. The first-order valence-electron chi connectivity index (χ1n) is 12.8. The molecule has 2 amide bonds. The fraction of sp³-hybridized carbons (Fsp3) is 0. The Morgan fingerprint density at radius 1 is 0.405 bits per heavy atom. The third kappa shape index (κ3) is 6.47. The van der Waals surface area contributed by atoms with Crippen LogP contribution >= 0.6 is 23.2 Å². The van der Waals surface area contributed by atoms with Crippen molar-refractivity contribution in [2.24, 2.45) is 0 Å². The molecule has 5 aromatic rings. The van der Waals surface area contributed by atoms with Crippen molar-refractivity contribution in [2.45, 2.75) is 0 Å². The molecule has 0 fully saturated rings. The van der Waals surface area contributed by atoms with Crippen molar-refractivity contribution in [3.05, 3.63) is 165 Å². The van der Waals surface area contributed by atoms with Gasteiger partial charge in [0.05, 0.1) is 11.1 Å². The Bertz CT molecular complexity index is 1670. The van der Waals surface area contributed by atoms with E-state index < -0.39 is 11.8 Å². The average molecular weight is 593 g/mol. The molecule has 5 rings (SSSR count). The lowest BCUT2D eigenvalue weighted by Gasteiger charge is -2.12. The van der Waals surface area contributed by atoms with E-state index in [4.69, 9.17) is 23.2 Å². The molecule has 6 nitrogen and oxygen atoms in total.